The van der Waals surface area contributed by atoms with Crippen molar-refractivity contribution in [1.29, 1.82) is 0 Å². The molecule has 0 radical (unpaired) electrons. The van der Waals surface area contributed by atoms with Crippen molar-refractivity contribution in [3.63, 3.8) is 0 Å². The number of hydrogen-bond acceptors (Lipinski definition) is 3. The molecule has 0 N–H and O–H groups in total. The number of thioether (sulfide) groups is 1. The van der Waals surface area contributed by atoms with Gasteiger partial charge in [-0.3, -0.25) is 9.98 Å². The van der Waals surface area contributed by atoms with Crippen molar-refractivity contribution in [2.45, 2.75) is 13.1 Å². The molecular formula is C10H11F3N2S. The lowest BCUT2D eigenvalue weighted by atomic mass is 10.2. The molecule has 0 aliphatic heterocycles. The van der Waals surface area contributed by atoms with Gasteiger partial charge >= 0.3 is 6.18 Å². The van der Waals surface area contributed by atoms with Crippen molar-refractivity contribution in [3.05, 3.63) is 29.6 Å². The van der Waals surface area contributed by atoms with E-state index >= 15 is 0 Å². The molecule has 88 valence electrons. The van der Waals surface area contributed by atoms with Gasteiger partial charge in [-0.25, -0.2) is 0 Å². The van der Waals surface area contributed by atoms with Crippen LogP contribution < -0.4 is 0 Å². The summed E-state index contributed by atoms with van der Waals surface area (Å²) >= 11 is 1.37. The first-order valence-corrected chi connectivity index (χ1v) is 5.60. The van der Waals surface area contributed by atoms with Crippen molar-refractivity contribution in [2.75, 3.05) is 12.8 Å². The van der Waals surface area contributed by atoms with Gasteiger partial charge in [-0.2, -0.15) is 13.2 Å². The van der Waals surface area contributed by atoms with Crippen LogP contribution in [0.2, 0.25) is 0 Å². The molecule has 0 saturated heterocycles. The molecule has 16 heavy (non-hydrogen) atoms. The largest absolute Gasteiger partial charge is 0.416 e. The molecule has 1 aromatic heterocycles. The highest BCUT2D eigenvalue weighted by Gasteiger charge is 2.31. The van der Waals surface area contributed by atoms with Gasteiger partial charge in [-0.15, -0.1) is 11.8 Å². The highest BCUT2D eigenvalue weighted by atomic mass is 32.2. The highest BCUT2D eigenvalue weighted by Crippen LogP contribution is 2.29. The minimum atomic E-state index is -4.34. The van der Waals surface area contributed by atoms with Crippen LogP contribution in [-0.2, 0) is 6.18 Å². The molecule has 0 amide bonds. The molecule has 0 unspecified atom stereocenters. The summed E-state index contributed by atoms with van der Waals surface area (Å²) < 4.78 is 37.3. The molecule has 1 aromatic rings. The first kappa shape index (κ1) is 13.0. The normalized spacial score (nSPS) is 12.9. The number of aliphatic imine (C=N–C) groups is 1. The molecule has 6 heteroatoms. The highest BCUT2D eigenvalue weighted by molar-refractivity contribution is 8.14. The second-order valence-corrected chi connectivity index (χ2v) is 4.14. The molecule has 1 rings (SSSR count). The number of halogens is 3. The van der Waals surface area contributed by atoms with Gasteiger partial charge in [-0.05, 0) is 17.9 Å². The van der Waals surface area contributed by atoms with Gasteiger partial charge in [0, 0.05) is 13.2 Å². The lowest BCUT2D eigenvalue weighted by Gasteiger charge is -2.08. The van der Waals surface area contributed by atoms with Crippen molar-refractivity contribution >= 4 is 16.8 Å². The molecule has 0 aromatic carbocycles. The third-order valence-electron chi connectivity index (χ3n) is 1.79. The number of hydrogen-bond donors (Lipinski definition) is 0. The first-order valence-electron chi connectivity index (χ1n) is 4.62. The summed E-state index contributed by atoms with van der Waals surface area (Å²) in [5, 5.41) is 0.522. The summed E-state index contributed by atoms with van der Waals surface area (Å²) in [5.74, 6) is 0.741. The molecule has 0 spiro atoms. The van der Waals surface area contributed by atoms with Crippen LogP contribution in [0.25, 0.3) is 0 Å². The molecular weight excluding hydrogens is 237 g/mol. The number of rotatable bonds is 2. The van der Waals surface area contributed by atoms with E-state index in [4.69, 9.17) is 0 Å². The van der Waals surface area contributed by atoms with E-state index in [0.717, 1.165) is 24.1 Å². The summed E-state index contributed by atoms with van der Waals surface area (Å²) in [6.07, 6.45) is -3.19. The van der Waals surface area contributed by atoms with Gasteiger partial charge < -0.3 is 0 Å². The number of pyridine rings is 1. The Labute approximate surface area is 96.0 Å². The molecule has 0 saturated carbocycles. The van der Waals surface area contributed by atoms with Crippen LogP contribution in [0.3, 0.4) is 0 Å². The molecule has 0 bridgehead atoms. The fourth-order valence-corrected chi connectivity index (χ4v) is 1.78. The summed E-state index contributed by atoms with van der Waals surface area (Å²) in [6, 6.07) is 1.97. The standard InChI is InChI=1S/C10H11F3N2S/c1-3-16-9(14-2)8-6-7(4-5-15-8)10(11,12)13/h4-6H,3H2,1-2H3. The lowest BCUT2D eigenvalue weighted by molar-refractivity contribution is -0.137. The topological polar surface area (TPSA) is 25.2 Å². The molecule has 0 aliphatic carbocycles. The van der Waals surface area contributed by atoms with E-state index < -0.39 is 11.7 Å². The van der Waals surface area contributed by atoms with E-state index in [1.807, 2.05) is 6.92 Å². The summed E-state index contributed by atoms with van der Waals surface area (Å²) in [4.78, 5) is 7.81. The molecule has 1 heterocycles. The van der Waals surface area contributed by atoms with Crippen molar-refractivity contribution in [1.82, 2.24) is 4.98 Å². The summed E-state index contributed by atoms with van der Waals surface area (Å²) in [5.41, 5.74) is -0.431. The predicted molar refractivity (Wildman–Crippen MR) is 59.8 cm³/mol. The maximum absolute atomic E-state index is 12.4. The zero-order chi connectivity index (χ0) is 12.2. The van der Waals surface area contributed by atoms with Gasteiger partial charge in [0.1, 0.15) is 5.04 Å². The maximum Gasteiger partial charge on any atom is 0.416 e. The van der Waals surface area contributed by atoms with Crippen LogP contribution in [0, 0.1) is 0 Å². The lowest BCUT2D eigenvalue weighted by Crippen LogP contribution is -2.08. The van der Waals surface area contributed by atoms with Crippen LogP contribution in [-0.4, -0.2) is 22.8 Å². The predicted octanol–water partition coefficient (Wildman–Crippen LogP) is 3.23. The molecule has 0 aliphatic rings. The van der Waals surface area contributed by atoms with Gasteiger partial charge in [0.05, 0.1) is 11.3 Å². The number of alkyl halides is 3. The Morgan fingerprint density at radius 1 is 1.50 bits per heavy atom. The summed E-state index contributed by atoms with van der Waals surface area (Å²) in [6.45, 7) is 1.91. The second kappa shape index (κ2) is 5.34. The van der Waals surface area contributed by atoms with Crippen molar-refractivity contribution in [3.8, 4) is 0 Å². The Balaban J connectivity index is 3.07. The van der Waals surface area contributed by atoms with E-state index in [-0.39, 0.29) is 5.69 Å². The monoisotopic (exact) mass is 248 g/mol. The second-order valence-electron chi connectivity index (χ2n) is 2.89. The van der Waals surface area contributed by atoms with E-state index in [0.29, 0.717) is 5.04 Å². The molecule has 0 atom stereocenters. The van der Waals surface area contributed by atoms with Crippen LogP contribution >= 0.6 is 11.8 Å². The maximum atomic E-state index is 12.4. The fourth-order valence-electron chi connectivity index (χ4n) is 1.11. The van der Waals surface area contributed by atoms with Crippen LogP contribution in [0.5, 0.6) is 0 Å². The van der Waals surface area contributed by atoms with Gasteiger partial charge in [0.2, 0.25) is 0 Å². The average molecular weight is 248 g/mol. The van der Waals surface area contributed by atoms with Crippen LogP contribution in [0.15, 0.2) is 23.3 Å². The Morgan fingerprint density at radius 3 is 2.69 bits per heavy atom. The van der Waals surface area contributed by atoms with E-state index in [9.17, 15) is 13.2 Å². The zero-order valence-electron chi connectivity index (χ0n) is 8.88. The Bertz CT molecular complexity index is 388. The zero-order valence-corrected chi connectivity index (χ0v) is 9.69. The minimum Gasteiger partial charge on any atom is -0.280 e. The average Bonchev–Trinajstić information content (AvgIpc) is 2.25. The summed E-state index contributed by atoms with van der Waals surface area (Å²) in [7, 11) is 1.54. The molecule has 2 nitrogen and oxygen atoms in total. The fraction of sp³-hybridized carbons (Fsp3) is 0.400. The van der Waals surface area contributed by atoms with E-state index in [1.165, 1.54) is 11.8 Å². The van der Waals surface area contributed by atoms with Gasteiger partial charge in [0.15, 0.2) is 0 Å². The number of aromatic nitrogens is 1. The Kier molecular flexibility index (Phi) is 4.35. The Morgan fingerprint density at radius 2 is 2.19 bits per heavy atom. The van der Waals surface area contributed by atoms with E-state index in [1.54, 1.807) is 7.05 Å². The van der Waals surface area contributed by atoms with Gasteiger partial charge in [0.25, 0.3) is 0 Å². The Hall–Kier alpha value is -1.04. The van der Waals surface area contributed by atoms with Gasteiger partial charge in [-0.1, -0.05) is 6.92 Å². The van der Waals surface area contributed by atoms with Crippen LogP contribution in [0.1, 0.15) is 18.2 Å². The quantitative estimate of drug-likeness (QED) is 0.593. The third-order valence-corrected chi connectivity index (χ3v) is 2.74. The number of nitrogens with zero attached hydrogens (tertiary/aromatic N) is 2. The van der Waals surface area contributed by atoms with Crippen molar-refractivity contribution < 1.29 is 13.2 Å². The third kappa shape index (κ3) is 3.23. The first-order chi connectivity index (χ1) is 7.49. The SMILES string of the molecule is CCSC(=NC)c1cc(C(F)(F)F)ccn1. The minimum absolute atomic E-state index is 0.268. The van der Waals surface area contributed by atoms with Crippen molar-refractivity contribution in [2.24, 2.45) is 4.99 Å². The van der Waals surface area contributed by atoms with E-state index in [2.05, 4.69) is 9.98 Å². The molecule has 0 fully saturated rings. The van der Waals surface area contributed by atoms with Crippen LogP contribution in [0.4, 0.5) is 13.2 Å². The smallest absolute Gasteiger partial charge is 0.280 e.